The fourth-order valence-electron chi connectivity index (χ4n) is 1.28. The number of carbonyl (C=O) groups excluding carboxylic acids is 1. The predicted octanol–water partition coefficient (Wildman–Crippen LogP) is 2.45. The van der Waals surface area contributed by atoms with E-state index in [1.165, 1.54) is 6.92 Å². The van der Waals surface area contributed by atoms with Gasteiger partial charge in [-0.1, -0.05) is 23.2 Å². The maximum atomic E-state index is 11.2. The summed E-state index contributed by atoms with van der Waals surface area (Å²) < 4.78 is 4.39. The van der Waals surface area contributed by atoms with Crippen molar-refractivity contribution in [3.63, 3.8) is 0 Å². The molecule has 1 aromatic heterocycles. The standard InChI is InChI=1S/C10H8Cl2N2O3/c1-4-5(8(15)10(16)17-3)6(11)7(13-2)9(12)14-4/h8,15H,1,3H3/t8-/m0/s1. The zero-order chi connectivity index (χ0) is 13.2. The molecule has 0 unspecified atom stereocenters. The van der Waals surface area contributed by atoms with Crippen molar-refractivity contribution < 1.29 is 14.6 Å². The number of carbonyl (C=O) groups is 1. The second-order valence-corrected chi connectivity index (χ2v) is 3.84. The van der Waals surface area contributed by atoms with Gasteiger partial charge in [0.05, 0.1) is 18.7 Å². The highest BCUT2D eigenvalue weighted by Gasteiger charge is 2.26. The number of nitrogens with zero attached hydrogens (tertiary/aromatic N) is 2. The van der Waals surface area contributed by atoms with Gasteiger partial charge in [0.15, 0.2) is 6.10 Å². The third kappa shape index (κ3) is 2.50. The molecular formula is C10H8Cl2N2O3. The number of aryl methyl sites for hydroxylation is 1. The summed E-state index contributed by atoms with van der Waals surface area (Å²) in [7, 11) is 1.13. The average Bonchev–Trinajstić information content (AvgIpc) is 2.27. The Morgan fingerprint density at radius 1 is 1.59 bits per heavy atom. The molecule has 1 rings (SSSR count). The number of pyridine rings is 1. The molecule has 1 aromatic rings. The number of aromatic nitrogens is 1. The van der Waals surface area contributed by atoms with Crippen molar-refractivity contribution in [3.05, 3.63) is 32.9 Å². The molecule has 0 fully saturated rings. The molecule has 0 aliphatic heterocycles. The smallest absolute Gasteiger partial charge is 0.339 e. The minimum atomic E-state index is -1.59. The van der Waals surface area contributed by atoms with Gasteiger partial charge in [0.1, 0.15) is 5.15 Å². The van der Waals surface area contributed by atoms with E-state index in [9.17, 15) is 9.90 Å². The van der Waals surface area contributed by atoms with Gasteiger partial charge in [-0.3, -0.25) is 4.98 Å². The minimum absolute atomic E-state index is 0.0360. The molecule has 5 nitrogen and oxygen atoms in total. The van der Waals surface area contributed by atoms with Gasteiger partial charge in [0.2, 0.25) is 5.69 Å². The molecule has 0 aliphatic rings. The SMILES string of the molecule is [C-]#[N+]c1c(Cl)nc(C)c([C@H](O)C(=O)OC)c1Cl. The van der Waals surface area contributed by atoms with E-state index >= 15 is 0 Å². The van der Waals surface area contributed by atoms with E-state index in [1.54, 1.807) is 0 Å². The quantitative estimate of drug-likeness (QED) is 0.511. The van der Waals surface area contributed by atoms with Crippen molar-refractivity contribution in [2.75, 3.05) is 7.11 Å². The van der Waals surface area contributed by atoms with Gasteiger partial charge < -0.3 is 9.84 Å². The van der Waals surface area contributed by atoms with E-state index in [1.807, 2.05) is 0 Å². The number of ether oxygens (including phenoxy) is 1. The lowest BCUT2D eigenvalue weighted by atomic mass is 10.1. The number of rotatable bonds is 2. The van der Waals surface area contributed by atoms with Gasteiger partial charge in [-0.25, -0.2) is 9.64 Å². The number of halogens is 2. The third-order valence-corrected chi connectivity index (χ3v) is 2.75. The fourth-order valence-corrected chi connectivity index (χ4v) is 1.96. The van der Waals surface area contributed by atoms with Crippen LogP contribution >= 0.6 is 23.2 Å². The molecule has 1 N–H and O–H groups in total. The van der Waals surface area contributed by atoms with Gasteiger partial charge in [0, 0.05) is 11.3 Å². The Bertz CT molecular complexity index is 511. The normalized spacial score (nSPS) is 11.8. The molecule has 1 heterocycles. The van der Waals surface area contributed by atoms with Crippen LogP contribution in [0.25, 0.3) is 4.85 Å². The number of aliphatic hydroxyl groups excluding tert-OH is 1. The molecule has 1 atom stereocenters. The molecule has 0 amide bonds. The lowest BCUT2D eigenvalue weighted by molar-refractivity contribution is -0.150. The molecule has 90 valence electrons. The molecule has 7 heteroatoms. The second kappa shape index (κ2) is 5.32. The van der Waals surface area contributed by atoms with Crippen LogP contribution in [-0.4, -0.2) is 23.2 Å². The average molecular weight is 275 g/mol. The van der Waals surface area contributed by atoms with Gasteiger partial charge in [-0.05, 0) is 6.92 Å². The van der Waals surface area contributed by atoms with E-state index in [4.69, 9.17) is 29.8 Å². The van der Waals surface area contributed by atoms with Crippen LogP contribution in [0.15, 0.2) is 0 Å². The highest BCUT2D eigenvalue weighted by Crippen LogP contribution is 2.38. The zero-order valence-electron chi connectivity index (χ0n) is 8.99. The summed E-state index contributed by atoms with van der Waals surface area (Å²) in [4.78, 5) is 18.2. The van der Waals surface area contributed by atoms with Crippen LogP contribution in [0, 0.1) is 13.5 Å². The largest absolute Gasteiger partial charge is 0.467 e. The number of aliphatic hydroxyl groups is 1. The van der Waals surface area contributed by atoms with Crippen LogP contribution in [0.3, 0.4) is 0 Å². The van der Waals surface area contributed by atoms with E-state index in [0.717, 1.165) is 7.11 Å². The number of methoxy groups -OCH3 is 1. The molecule has 0 spiro atoms. The van der Waals surface area contributed by atoms with E-state index in [0.29, 0.717) is 0 Å². The van der Waals surface area contributed by atoms with Crippen molar-refractivity contribution in [2.45, 2.75) is 13.0 Å². The third-order valence-electron chi connectivity index (χ3n) is 2.11. The van der Waals surface area contributed by atoms with Gasteiger partial charge in [-0.15, -0.1) is 0 Å². The fraction of sp³-hybridized carbons (Fsp3) is 0.300. The van der Waals surface area contributed by atoms with Crippen LogP contribution in [0.5, 0.6) is 0 Å². The maximum Gasteiger partial charge on any atom is 0.339 e. The summed E-state index contributed by atoms with van der Waals surface area (Å²) in [6.07, 6.45) is -1.59. The number of hydrogen-bond donors (Lipinski definition) is 1. The summed E-state index contributed by atoms with van der Waals surface area (Å²) >= 11 is 11.6. The predicted molar refractivity (Wildman–Crippen MR) is 62.2 cm³/mol. The van der Waals surface area contributed by atoms with Crippen molar-refractivity contribution >= 4 is 34.9 Å². The Morgan fingerprint density at radius 3 is 2.65 bits per heavy atom. The van der Waals surface area contributed by atoms with Gasteiger partial charge in [-0.2, -0.15) is 0 Å². The zero-order valence-corrected chi connectivity index (χ0v) is 10.5. The molecule has 0 saturated heterocycles. The van der Waals surface area contributed by atoms with Crippen molar-refractivity contribution in [1.29, 1.82) is 0 Å². The Balaban J connectivity index is 3.45. The molecule has 17 heavy (non-hydrogen) atoms. The number of hydrogen-bond acceptors (Lipinski definition) is 4. The Labute approximate surface area is 108 Å². The molecular weight excluding hydrogens is 267 g/mol. The maximum absolute atomic E-state index is 11.2. The minimum Gasteiger partial charge on any atom is -0.467 e. The van der Waals surface area contributed by atoms with Gasteiger partial charge >= 0.3 is 5.97 Å². The van der Waals surface area contributed by atoms with Crippen LogP contribution < -0.4 is 0 Å². The van der Waals surface area contributed by atoms with Crippen LogP contribution in [0.4, 0.5) is 5.69 Å². The summed E-state index contributed by atoms with van der Waals surface area (Å²) in [5.41, 5.74) is 0.205. The number of esters is 1. The lowest BCUT2D eigenvalue weighted by Crippen LogP contribution is -2.15. The van der Waals surface area contributed by atoms with Crippen LogP contribution in [0.2, 0.25) is 10.2 Å². The first-order valence-electron chi connectivity index (χ1n) is 4.42. The molecule has 0 bridgehead atoms. The summed E-state index contributed by atoms with van der Waals surface area (Å²) in [6.45, 7) is 8.42. The summed E-state index contributed by atoms with van der Waals surface area (Å²) in [6, 6.07) is 0. The second-order valence-electron chi connectivity index (χ2n) is 3.10. The Hall–Kier alpha value is -1.35. The van der Waals surface area contributed by atoms with E-state index in [2.05, 4.69) is 14.6 Å². The van der Waals surface area contributed by atoms with Crippen molar-refractivity contribution in [1.82, 2.24) is 4.98 Å². The van der Waals surface area contributed by atoms with Crippen molar-refractivity contribution in [2.24, 2.45) is 0 Å². The molecule has 0 aliphatic carbocycles. The summed E-state index contributed by atoms with van der Waals surface area (Å²) in [5.74, 6) is -0.880. The lowest BCUT2D eigenvalue weighted by Gasteiger charge is -2.14. The molecule has 0 saturated carbocycles. The van der Waals surface area contributed by atoms with Gasteiger partial charge in [0.25, 0.3) is 0 Å². The van der Waals surface area contributed by atoms with E-state index < -0.39 is 12.1 Å². The first kappa shape index (κ1) is 13.7. The van der Waals surface area contributed by atoms with Crippen LogP contribution in [-0.2, 0) is 9.53 Å². The monoisotopic (exact) mass is 274 g/mol. The highest BCUT2D eigenvalue weighted by atomic mass is 35.5. The molecule has 0 aromatic carbocycles. The Morgan fingerprint density at radius 2 is 2.18 bits per heavy atom. The van der Waals surface area contributed by atoms with Crippen molar-refractivity contribution in [3.8, 4) is 0 Å². The van der Waals surface area contributed by atoms with Crippen LogP contribution in [0.1, 0.15) is 17.4 Å². The topological polar surface area (TPSA) is 63.8 Å². The first-order chi connectivity index (χ1) is 7.93. The first-order valence-corrected chi connectivity index (χ1v) is 5.18. The highest BCUT2D eigenvalue weighted by molar-refractivity contribution is 6.39. The summed E-state index contributed by atoms with van der Waals surface area (Å²) in [5, 5.41) is 9.56. The molecule has 0 radical (unpaired) electrons. The Kier molecular flexibility index (Phi) is 4.29. The van der Waals surface area contributed by atoms with E-state index in [-0.39, 0.29) is 27.1 Å².